The van der Waals surface area contributed by atoms with Gasteiger partial charge in [0.15, 0.2) is 0 Å². The summed E-state index contributed by atoms with van der Waals surface area (Å²) in [5.74, 6) is 1.59. The van der Waals surface area contributed by atoms with Gasteiger partial charge in [-0.1, -0.05) is 19.1 Å². The first kappa shape index (κ1) is 14.5. The predicted molar refractivity (Wildman–Crippen MR) is 79.8 cm³/mol. The molecule has 2 aromatic rings. The Labute approximate surface area is 120 Å². The van der Waals surface area contributed by atoms with Gasteiger partial charge in [-0.25, -0.2) is 0 Å². The van der Waals surface area contributed by atoms with Gasteiger partial charge in [0.05, 0.1) is 18.7 Å². The van der Waals surface area contributed by atoms with Crippen LogP contribution in [0.25, 0.3) is 0 Å². The molecule has 6 heteroatoms. The molecular formula is C14H16N2O3S. The summed E-state index contributed by atoms with van der Waals surface area (Å²) in [4.78, 5) is 26.0. The third-order valence-corrected chi connectivity index (χ3v) is 3.58. The molecule has 1 N–H and O–H groups in total. The number of aromatic amines is 1. The van der Waals surface area contributed by atoms with E-state index in [4.69, 9.17) is 4.74 Å². The molecule has 20 heavy (non-hydrogen) atoms. The highest BCUT2D eigenvalue weighted by molar-refractivity contribution is 7.99. The molecule has 0 spiro atoms. The Balaban J connectivity index is 2.31. The molecular weight excluding hydrogens is 276 g/mol. The first-order valence-electron chi connectivity index (χ1n) is 6.23. The lowest BCUT2D eigenvalue weighted by Gasteiger charge is -2.08. The van der Waals surface area contributed by atoms with E-state index in [-0.39, 0.29) is 0 Å². The number of methoxy groups -OCH3 is 1. The summed E-state index contributed by atoms with van der Waals surface area (Å²) >= 11 is 1.49. The van der Waals surface area contributed by atoms with Crippen LogP contribution < -0.4 is 15.9 Å². The van der Waals surface area contributed by atoms with Gasteiger partial charge in [-0.3, -0.25) is 9.59 Å². The van der Waals surface area contributed by atoms with Gasteiger partial charge in [0, 0.05) is 6.20 Å². The molecule has 0 aliphatic heterocycles. The molecule has 1 aromatic carbocycles. The van der Waals surface area contributed by atoms with E-state index in [1.807, 2.05) is 31.2 Å². The lowest BCUT2D eigenvalue weighted by Crippen LogP contribution is -2.36. The Morgan fingerprint density at radius 3 is 2.55 bits per heavy atom. The Kier molecular flexibility index (Phi) is 4.68. The Morgan fingerprint density at radius 1 is 1.25 bits per heavy atom. The minimum Gasteiger partial charge on any atom is -0.497 e. The van der Waals surface area contributed by atoms with Crippen molar-refractivity contribution in [3.05, 3.63) is 56.7 Å². The molecule has 0 amide bonds. The van der Waals surface area contributed by atoms with Crippen LogP contribution in [-0.4, -0.2) is 22.4 Å². The summed E-state index contributed by atoms with van der Waals surface area (Å²) < 4.78 is 6.52. The van der Waals surface area contributed by atoms with Crippen molar-refractivity contribution in [2.75, 3.05) is 12.9 Å². The molecule has 0 saturated carbocycles. The number of ether oxygens (including phenoxy) is 1. The van der Waals surface area contributed by atoms with Crippen LogP contribution >= 0.6 is 11.8 Å². The average molecular weight is 292 g/mol. The topological polar surface area (TPSA) is 64.1 Å². The van der Waals surface area contributed by atoms with Gasteiger partial charge in [-0.15, -0.1) is 11.8 Å². The molecule has 0 bridgehead atoms. The minimum absolute atomic E-state index is 0.365. The maximum Gasteiger partial charge on any atom is 0.316 e. The quantitative estimate of drug-likeness (QED) is 0.673. The van der Waals surface area contributed by atoms with Crippen LogP contribution in [0.3, 0.4) is 0 Å². The fourth-order valence-electron chi connectivity index (χ4n) is 1.80. The molecule has 0 unspecified atom stereocenters. The van der Waals surface area contributed by atoms with Crippen LogP contribution in [0.5, 0.6) is 5.75 Å². The molecule has 106 valence electrons. The van der Waals surface area contributed by atoms with Gasteiger partial charge in [0.1, 0.15) is 5.75 Å². The van der Waals surface area contributed by atoms with E-state index in [2.05, 4.69) is 4.98 Å². The van der Waals surface area contributed by atoms with E-state index in [1.165, 1.54) is 16.3 Å². The summed E-state index contributed by atoms with van der Waals surface area (Å²) in [6.07, 6.45) is 1.68. The maximum atomic E-state index is 11.8. The number of benzene rings is 1. The summed E-state index contributed by atoms with van der Waals surface area (Å²) in [6, 6.07) is 7.41. The molecule has 0 aliphatic rings. The van der Waals surface area contributed by atoms with Crippen molar-refractivity contribution < 1.29 is 4.74 Å². The molecule has 1 heterocycles. The zero-order chi connectivity index (χ0) is 14.5. The van der Waals surface area contributed by atoms with Gasteiger partial charge in [-0.2, -0.15) is 0 Å². The number of rotatable bonds is 5. The number of nitrogens with one attached hydrogen (secondary N) is 1. The number of hydrogen-bond acceptors (Lipinski definition) is 4. The minimum atomic E-state index is -0.586. The highest BCUT2D eigenvalue weighted by Gasteiger charge is 2.05. The van der Waals surface area contributed by atoms with Gasteiger partial charge < -0.3 is 14.3 Å². The third-order valence-electron chi connectivity index (χ3n) is 2.78. The molecule has 0 radical (unpaired) electrons. The Hall–Kier alpha value is -1.95. The fraction of sp³-hybridized carbons (Fsp3) is 0.286. The fourth-order valence-corrected chi connectivity index (χ4v) is 2.48. The normalized spacial score (nSPS) is 10.5. The van der Waals surface area contributed by atoms with Crippen LogP contribution in [0.4, 0.5) is 0 Å². The first-order chi connectivity index (χ1) is 9.63. The van der Waals surface area contributed by atoms with E-state index in [0.29, 0.717) is 11.6 Å². The standard InChI is InChI=1S/C14H16N2O3S/c1-3-20-12-9-16(14(18)13(17)15-12)8-10-4-6-11(19-2)7-5-10/h4-7,9H,3,8H2,1-2H3,(H,15,17). The van der Waals surface area contributed by atoms with Crippen molar-refractivity contribution in [3.8, 4) is 5.75 Å². The third kappa shape index (κ3) is 3.33. The highest BCUT2D eigenvalue weighted by atomic mass is 32.2. The molecule has 0 atom stereocenters. The molecule has 1 aromatic heterocycles. The van der Waals surface area contributed by atoms with E-state index in [1.54, 1.807) is 13.3 Å². The van der Waals surface area contributed by atoms with E-state index in [9.17, 15) is 9.59 Å². The van der Waals surface area contributed by atoms with Crippen LogP contribution in [0, 0.1) is 0 Å². The first-order valence-corrected chi connectivity index (χ1v) is 7.22. The number of hydrogen-bond donors (Lipinski definition) is 1. The predicted octanol–water partition coefficient (Wildman–Crippen LogP) is 1.71. The highest BCUT2D eigenvalue weighted by Crippen LogP contribution is 2.14. The van der Waals surface area contributed by atoms with E-state index >= 15 is 0 Å². The largest absolute Gasteiger partial charge is 0.497 e. The molecule has 5 nitrogen and oxygen atoms in total. The van der Waals surface area contributed by atoms with Crippen LogP contribution in [0.1, 0.15) is 12.5 Å². The summed E-state index contributed by atoms with van der Waals surface area (Å²) in [5, 5.41) is 0.700. The smallest absolute Gasteiger partial charge is 0.316 e. The van der Waals surface area contributed by atoms with Crippen LogP contribution in [0.2, 0.25) is 0 Å². The van der Waals surface area contributed by atoms with Gasteiger partial charge in [-0.05, 0) is 23.4 Å². The van der Waals surface area contributed by atoms with Crippen LogP contribution in [0.15, 0.2) is 45.1 Å². The van der Waals surface area contributed by atoms with Crippen molar-refractivity contribution in [2.24, 2.45) is 0 Å². The number of thioether (sulfide) groups is 1. The summed E-state index contributed by atoms with van der Waals surface area (Å²) in [7, 11) is 1.60. The van der Waals surface area contributed by atoms with Crippen molar-refractivity contribution in [1.29, 1.82) is 0 Å². The van der Waals surface area contributed by atoms with E-state index < -0.39 is 11.1 Å². The second-order valence-electron chi connectivity index (χ2n) is 4.16. The Bertz CT molecular complexity index is 689. The lowest BCUT2D eigenvalue weighted by atomic mass is 10.2. The number of nitrogens with zero attached hydrogens (tertiary/aromatic N) is 1. The Morgan fingerprint density at radius 2 is 1.95 bits per heavy atom. The molecule has 0 fully saturated rings. The second kappa shape index (κ2) is 6.47. The lowest BCUT2D eigenvalue weighted by molar-refractivity contribution is 0.414. The molecule has 2 rings (SSSR count). The SMILES string of the molecule is CCSc1cn(Cc2ccc(OC)cc2)c(=O)c(=O)[nH]1. The van der Waals surface area contributed by atoms with Gasteiger partial charge >= 0.3 is 11.1 Å². The zero-order valence-corrected chi connectivity index (χ0v) is 12.2. The van der Waals surface area contributed by atoms with E-state index in [0.717, 1.165) is 17.1 Å². The van der Waals surface area contributed by atoms with Gasteiger partial charge in [0.2, 0.25) is 0 Å². The zero-order valence-electron chi connectivity index (χ0n) is 11.4. The summed E-state index contributed by atoms with van der Waals surface area (Å²) in [6.45, 7) is 2.35. The van der Waals surface area contributed by atoms with Crippen LogP contribution in [-0.2, 0) is 6.54 Å². The monoisotopic (exact) mass is 292 g/mol. The van der Waals surface area contributed by atoms with Crippen molar-refractivity contribution in [3.63, 3.8) is 0 Å². The maximum absolute atomic E-state index is 11.8. The molecule has 0 aliphatic carbocycles. The average Bonchev–Trinajstić information content (AvgIpc) is 2.45. The summed E-state index contributed by atoms with van der Waals surface area (Å²) in [5.41, 5.74) is -0.191. The molecule has 0 saturated heterocycles. The second-order valence-corrected chi connectivity index (χ2v) is 5.47. The van der Waals surface area contributed by atoms with Crippen molar-refractivity contribution >= 4 is 11.8 Å². The number of H-pyrrole nitrogens is 1. The number of aromatic nitrogens is 2. The van der Waals surface area contributed by atoms with Crippen molar-refractivity contribution in [1.82, 2.24) is 9.55 Å². The van der Waals surface area contributed by atoms with Gasteiger partial charge in [0.25, 0.3) is 0 Å². The van der Waals surface area contributed by atoms with Crippen molar-refractivity contribution in [2.45, 2.75) is 18.5 Å².